The number of rotatable bonds is 4. The molecule has 1 aliphatic rings. The smallest absolute Gasteiger partial charge is 0.417 e. The maximum Gasteiger partial charge on any atom is 0.417 e. The first kappa shape index (κ1) is 22.3. The Hall–Kier alpha value is -3.35. The second-order valence-corrected chi connectivity index (χ2v) is 7.19. The highest BCUT2D eigenvalue weighted by molar-refractivity contribution is 6.22. The van der Waals surface area contributed by atoms with Gasteiger partial charge in [0, 0.05) is 0 Å². The Morgan fingerprint density at radius 2 is 1.81 bits per heavy atom. The van der Waals surface area contributed by atoms with E-state index >= 15 is 0 Å². The van der Waals surface area contributed by atoms with Gasteiger partial charge in [-0.05, 0) is 67.7 Å². The number of ether oxygens (including phenoxy) is 1. The lowest BCUT2D eigenvalue weighted by atomic mass is 9.89. The minimum absolute atomic E-state index is 0.0134. The molecule has 0 saturated heterocycles. The van der Waals surface area contributed by atoms with Gasteiger partial charge in [-0.15, -0.1) is 0 Å². The number of carbonyl (C=O) groups is 1. The molecule has 1 aliphatic heterocycles. The summed E-state index contributed by atoms with van der Waals surface area (Å²) in [6, 6.07) is 8.91. The van der Waals surface area contributed by atoms with Crippen LogP contribution in [0.25, 0.3) is 17.2 Å². The summed E-state index contributed by atoms with van der Waals surface area (Å²) >= 11 is 0. The van der Waals surface area contributed by atoms with E-state index in [2.05, 4.69) is 4.99 Å². The summed E-state index contributed by atoms with van der Waals surface area (Å²) in [7, 11) is 0. The van der Waals surface area contributed by atoms with Crippen LogP contribution in [0.5, 0.6) is 0 Å². The van der Waals surface area contributed by atoms with Crippen LogP contribution in [0.2, 0.25) is 0 Å². The molecule has 0 amide bonds. The van der Waals surface area contributed by atoms with Crippen molar-refractivity contribution in [2.24, 2.45) is 4.99 Å². The van der Waals surface area contributed by atoms with E-state index in [0.29, 0.717) is 28.0 Å². The molecule has 0 saturated carbocycles. The molecular weight excluding hydrogens is 407 g/mol. The molecule has 0 aliphatic carbocycles. The Balaban J connectivity index is 2.15. The van der Waals surface area contributed by atoms with Crippen molar-refractivity contribution >= 4 is 17.8 Å². The lowest BCUT2D eigenvalue weighted by Gasteiger charge is -2.18. The predicted molar refractivity (Wildman–Crippen MR) is 114 cm³/mol. The zero-order valence-corrected chi connectivity index (χ0v) is 17.6. The SMILES string of the molecule is CCOC(=O)C1=C(O)/C(=C\c2ccc(C)c(-c3ccccc3C(F)(F)F)c2C)N=C1C. The standard InChI is InChI=1S/C24H22F3NO3/c1-5-31-23(30)21-15(4)28-19(22(21)29)12-16-11-10-13(2)20(14(16)3)17-8-6-7-9-18(17)24(25,26)27/h6-12,29H,5H2,1-4H3/b19-12+. The molecule has 2 aromatic rings. The van der Waals surface area contributed by atoms with Gasteiger partial charge in [0.25, 0.3) is 0 Å². The molecule has 162 valence electrons. The van der Waals surface area contributed by atoms with Crippen LogP contribution in [-0.2, 0) is 15.7 Å². The Kier molecular flexibility index (Phi) is 6.06. The fraction of sp³-hybridized carbons (Fsp3) is 0.250. The highest BCUT2D eigenvalue weighted by atomic mass is 19.4. The number of halogens is 3. The molecule has 0 unspecified atom stereocenters. The van der Waals surface area contributed by atoms with E-state index in [1.165, 1.54) is 12.1 Å². The van der Waals surface area contributed by atoms with E-state index in [1.54, 1.807) is 52.0 Å². The van der Waals surface area contributed by atoms with Crippen molar-refractivity contribution in [1.82, 2.24) is 0 Å². The summed E-state index contributed by atoms with van der Waals surface area (Å²) in [5.74, 6) is -0.988. The Bertz CT molecular complexity index is 1140. The highest BCUT2D eigenvalue weighted by Gasteiger charge is 2.34. The average Bonchev–Trinajstić information content (AvgIpc) is 2.97. The number of nitrogens with zero attached hydrogens (tertiary/aromatic N) is 1. The molecule has 0 spiro atoms. The minimum atomic E-state index is -4.49. The highest BCUT2D eigenvalue weighted by Crippen LogP contribution is 2.40. The third-order valence-electron chi connectivity index (χ3n) is 5.12. The van der Waals surface area contributed by atoms with E-state index in [4.69, 9.17) is 4.74 Å². The zero-order chi connectivity index (χ0) is 22.9. The number of aliphatic hydroxyl groups excluding tert-OH is 1. The monoisotopic (exact) mass is 429 g/mol. The summed E-state index contributed by atoms with van der Waals surface area (Å²) in [5, 5.41) is 10.5. The minimum Gasteiger partial charge on any atom is -0.505 e. The van der Waals surface area contributed by atoms with Gasteiger partial charge >= 0.3 is 12.1 Å². The summed E-state index contributed by atoms with van der Waals surface area (Å²) in [6.45, 7) is 6.86. The molecule has 0 fully saturated rings. The van der Waals surface area contributed by atoms with E-state index < -0.39 is 17.7 Å². The number of aliphatic imine (C=N–C) groups is 1. The predicted octanol–water partition coefficient (Wildman–Crippen LogP) is 6.18. The maximum absolute atomic E-state index is 13.6. The average molecular weight is 429 g/mol. The fourth-order valence-electron chi connectivity index (χ4n) is 3.67. The van der Waals surface area contributed by atoms with Crippen molar-refractivity contribution in [1.29, 1.82) is 0 Å². The van der Waals surface area contributed by atoms with Crippen molar-refractivity contribution in [2.45, 2.75) is 33.9 Å². The van der Waals surface area contributed by atoms with Gasteiger partial charge in [-0.3, -0.25) is 0 Å². The van der Waals surface area contributed by atoms with Crippen molar-refractivity contribution < 1.29 is 27.8 Å². The Morgan fingerprint density at radius 1 is 1.13 bits per heavy atom. The van der Waals surface area contributed by atoms with Crippen molar-refractivity contribution in [3.63, 3.8) is 0 Å². The van der Waals surface area contributed by atoms with Crippen LogP contribution in [0.3, 0.4) is 0 Å². The van der Waals surface area contributed by atoms with Crippen LogP contribution in [0.1, 0.15) is 36.1 Å². The topological polar surface area (TPSA) is 58.9 Å². The maximum atomic E-state index is 13.6. The molecule has 1 N–H and O–H groups in total. The van der Waals surface area contributed by atoms with E-state index in [-0.39, 0.29) is 29.2 Å². The number of hydrogen-bond acceptors (Lipinski definition) is 4. The molecule has 0 bridgehead atoms. The molecular formula is C24H22F3NO3. The largest absolute Gasteiger partial charge is 0.505 e. The van der Waals surface area contributed by atoms with Crippen LogP contribution in [0.15, 0.2) is 58.4 Å². The van der Waals surface area contributed by atoms with Gasteiger partial charge in [0.2, 0.25) is 0 Å². The molecule has 2 aromatic carbocycles. The van der Waals surface area contributed by atoms with Gasteiger partial charge in [0.1, 0.15) is 11.3 Å². The molecule has 0 aromatic heterocycles. The van der Waals surface area contributed by atoms with Crippen molar-refractivity contribution in [3.05, 3.63) is 75.7 Å². The summed E-state index contributed by atoms with van der Waals surface area (Å²) in [4.78, 5) is 16.3. The molecule has 0 atom stereocenters. The van der Waals surface area contributed by atoms with E-state index in [1.807, 2.05) is 0 Å². The lowest BCUT2D eigenvalue weighted by Crippen LogP contribution is -2.13. The number of esters is 1. The normalized spacial score (nSPS) is 15.5. The van der Waals surface area contributed by atoms with Crippen LogP contribution in [-0.4, -0.2) is 23.4 Å². The molecule has 31 heavy (non-hydrogen) atoms. The van der Waals surface area contributed by atoms with Gasteiger partial charge < -0.3 is 9.84 Å². The van der Waals surface area contributed by atoms with Gasteiger partial charge in [0.15, 0.2) is 5.76 Å². The number of carbonyl (C=O) groups excluding carboxylic acids is 1. The molecule has 3 rings (SSSR count). The number of benzene rings is 2. The molecule has 1 heterocycles. The number of hydrogen-bond donors (Lipinski definition) is 1. The van der Waals surface area contributed by atoms with Gasteiger partial charge in [-0.2, -0.15) is 13.2 Å². The first-order valence-electron chi connectivity index (χ1n) is 9.71. The first-order chi connectivity index (χ1) is 14.6. The second-order valence-electron chi connectivity index (χ2n) is 7.19. The first-order valence-corrected chi connectivity index (χ1v) is 9.71. The van der Waals surface area contributed by atoms with Crippen LogP contribution in [0, 0.1) is 13.8 Å². The summed E-state index contributed by atoms with van der Waals surface area (Å²) in [5.41, 5.74) is 2.17. The van der Waals surface area contributed by atoms with Crippen LogP contribution >= 0.6 is 0 Å². The van der Waals surface area contributed by atoms with Crippen molar-refractivity contribution in [3.8, 4) is 11.1 Å². The molecule has 0 radical (unpaired) electrons. The second kappa shape index (κ2) is 8.41. The van der Waals surface area contributed by atoms with Crippen molar-refractivity contribution in [2.75, 3.05) is 6.61 Å². The van der Waals surface area contributed by atoms with Crippen LogP contribution in [0.4, 0.5) is 13.2 Å². The lowest BCUT2D eigenvalue weighted by molar-refractivity contribution is -0.138. The van der Waals surface area contributed by atoms with Gasteiger partial charge in [0.05, 0.1) is 17.9 Å². The number of aryl methyl sites for hydroxylation is 1. The Morgan fingerprint density at radius 3 is 2.45 bits per heavy atom. The quantitative estimate of drug-likeness (QED) is 0.591. The fourth-order valence-corrected chi connectivity index (χ4v) is 3.67. The Labute approximate surface area is 178 Å². The van der Waals surface area contributed by atoms with Crippen LogP contribution < -0.4 is 0 Å². The van der Waals surface area contributed by atoms with Gasteiger partial charge in [-0.25, -0.2) is 9.79 Å². The summed E-state index contributed by atoms with van der Waals surface area (Å²) < 4.78 is 45.7. The van der Waals surface area contributed by atoms with E-state index in [9.17, 15) is 23.1 Å². The molecule has 7 heteroatoms. The van der Waals surface area contributed by atoms with E-state index in [0.717, 1.165) is 6.07 Å². The summed E-state index contributed by atoms with van der Waals surface area (Å²) in [6.07, 6.45) is -2.94. The third kappa shape index (κ3) is 4.26. The third-order valence-corrected chi connectivity index (χ3v) is 5.12. The zero-order valence-electron chi connectivity index (χ0n) is 17.6. The van der Waals surface area contributed by atoms with Gasteiger partial charge in [-0.1, -0.05) is 30.3 Å². The number of alkyl halides is 3. The molecule has 4 nitrogen and oxygen atoms in total. The number of aliphatic hydroxyl groups is 1.